The first kappa shape index (κ1) is 13.3. The van der Waals surface area contributed by atoms with Crippen molar-refractivity contribution in [3.05, 3.63) is 53.6 Å². The number of nitrogens with zero attached hydrogens (tertiary/aromatic N) is 4. The average molecular weight is 299 g/mol. The zero-order chi connectivity index (χ0) is 14.7. The lowest BCUT2D eigenvalue weighted by Gasteiger charge is -2.03. The first-order valence-electron chi connectivity index (χ1n) is 6.15. The normalized spacial score (nSPS) is 11.1. The van der Waals surface area contributed by atoms with E-state index in [0.717, 1.165) is 16.6 Å². The van der Waals surface area contributed by atoms with Gasteiger partial charge in [-0.25, -0.2) is 15.0 Å². The monoisotopic (exact) mass is 298 g/mol. The van der Waals surface area contributed by atoms with E-state index in [2.05, 4.69) is 25.5 Å². The Morgan fingerprint density at radius 3 is 2.90 bits per heavy atom. The topological polar surface area (TPSA) is 89.1 Å². The van der Waals surface area contributed by atoms with Crippen LogP contribution in [-0.4, -0.2) is 21.2 Å². The molecular formula is C14H11ClN6. The number of aromatic nitrogens is 3. The summed E-state index contributed by atoms with van der Waals surface area (Å²) in [4.78, 5) is 12.2. The Hall–Kier alpha value is -2.73. The van der Waals surface area contributed by atoms with Crippen LogP contribution < -0.4 is 11.2 Å². The fraction of sp³-hybridized carbons (Fsp3) is 0. The third-order valence-corrected chi connectivity index (χ3v) is 3.12. The van der Waals surface area contributed by atoms with Gasteiger partial charge in [0.05, 0.1) is 17.4 Å². The highest BCUT2D eigenvalue weighted by Crippen LogP contribution is 2.21. The Bertz CT molecular complexity index is 817. The molecule has 0 saturated carbocycles. The van der Waals surface area contributed by atoms with Gasteiger partial charge in [-0.3, -0.25) is 5.43 Å². The summed E-state index contributed by atoms with van der Waals surface area (Å²) in [6.07, 6.45) is 2.90. The molecule has 2 heterocycles. The number of hydrogen-bond donors (Lipinski definition) is 2. The van der Waals surface area contributed by atoms with E-state index < -0.39 is 0 Å². The van der Waals surface area contributed by atoms with Crippen LogP contribution >= 0.6 is 11.6 Å². The summed E-state index contributed by atoms with van der Waals surface area (Å²) in [5.41, 5.74) is 10.3. The van der Waals surface area contributed by atoms with Crippen molar-refractivity contribution in [2.24, 2.45) is 5.10 Å². The van der Waals surface area contributed by atoms with E-state index in [1.165, 1.54) is 6.33 Å². The number of nitrogens with one attached hydrogen (secondary N) is 1. The second-order valence-corrected chi connectivity index (χ2v) is 4.58. The number of para-hydroxylation sites is 1. The molecule has 3 N–H and O–H groups in total. The fourth-order valence-corrected chi connectivity index (χ4v) is 1.91. The Balaban J connectivity index is 1.80. The first-order valence-corrected chi connectivity index (χ1v) is 6.52. The molecule has 0 aliphatic heterocycles. The van der Waals surface area contributed by atoms with Crippen LogP contribution in [0, 0.1) is 0 Å². The minimum absolute atomic E-state index is 0.187. The number of halogens is 1. The average Bonchev–Trinajstić information content (AvgIpc) is 2.51. The van der Waals surface area contributed by atoms with E-state index in [1.54, 1.807) is 6.21 Å². The zero-order valence-electron chi connectivity index (χ0n) is 10.9. The molecule has 0 radical (unpaired) electrons. The molecule has 7 heteroatoms. The maximum absolute atomic E-state index is 5.79. The van der Waals surface area contributed by atoms with Crippen LogP contribution in [-0.2, 0) is 0 Å². The van der Waals surface area contributed by atoms with Crippen LogP contribution in [0.3, 0.4) is 0 Å². The molecule has 0 amide bonds. The Kier molecular flexibility index (Phi) is 3.61. The number of anilines is 2. The summed E-state index contributed by atoms with van der Waals surface area (Å²) in [5, 5.41) is 5.32. The van der Waals surface area contributed by atoms with Gasteiger partial charge in [0.25, 0.3) is 0 Å². The number of rotatable bonds is 3. The third kappa shape index (κ3) is 2.90. The van der Waals surface area contributed by atoms with E-state index in [0.29, 0.717) is 5.82 Å². The number of benzene rings is 1. The summed E-state index contributed by atoms with van der Waals surface area (Å²) in [5.74, 6) is 0.354. The predicted molar refractivity (Wildman–Crippen MR) is 84.4 cm³/mol. The standard InChI is InChI=1S/C14H11ClN6/c15-13-12(16)14(18-8-17-13)21-19-7-10-6-5-9-3-1-2-4-11(9)20-10/h1-8H,16H2,(H,17,18,21)/b19-7-. The molecule has 104 valence electrons. The van der Waals surface area contributed by atoms with Crippen LogP contribution in [0.1, 0.15) is 5.69 Å². The van der Waals surface area contributed by atoms with Gasteiger partial charge in [-0.1, -0.05) is 35.9 Å². The molecule has 3 aromatic rings. The summed E-state index contributed by atoms with van der Waals surface area (Å²) in [7, 11) is 0. The third-order valence-electron chi connectivity index (χ3n) is 2.82. The molecule has 0 unspecified atom stereocenters. The number of nitrogen functional groups attached to an aromatic ring is 1. The van der Waals surface area contributed by atoms with Gasteiger partial charge in [0.2, 0.25) is 0 Å². The highest BCUT2D eigenvalue weighted by Gasteiger charge is 2.04. The lowest BCUT2D eigenvalue weighted by Crippen LogP contribution is -2.01. The molecule has 0 fully saturated rings. The van der Waals surface area contributed by atoms with Gasteiger partial charge in [-0.2, -0.15) is 5.10 Å². The number of nitrogens with two attached hydrogens (primary N) is 1. The lowest BCUT2D eigenvalue weighted by atomic mass is 10.2. The van der Waals surface area contributed by atoms with Crippen LogP contribution in [0.15, 0.2) is 47.8 Å². The quantitative estimate of drug-likeness (QED) is 0.441. The molecule has 0 aliphatic rings. The van der Waals surface area contributed by atoms with Gasteiger partial charge in [0, 0.05) is 5.39 Å². The maximum atomic E-state index is 5.79. The molecule has 2 aromatic heterocycles. The SMILES string of the molecule is Nc1c(Cl)ncnc1N/N=C\c1ccc2ccccc2n1. The van der Waals surface area contributed by atoms with Crippen molar-refractivity contribution in [3.8, 4) is 0 Å². The van der Waals surface area contributed by atoms with Gasteiger partial charge in [0.1, 0.15) is 12.0 Å². The molecule has 0 atom stereocenters. The molecule has 0 saturated heterocycles. The van der Waals surface area contributed by atoms with Crippen molar-refractivity contribution in [3.63, 3.8) is 0 Å². The molecule has 21 heavy (non-hydrogen) atoms. The summed E-state index contributed by atoms with van der Waals surface area (Å²) in [6, 6.07) is 11.7. The second kappa shape index (κ2) is 5.72. The van der Waals surface area contributed by atoms with Gasteiger partial charge < -0.3 is 5.73 Å². The number of fused-ring (bicyclic) bond motifs is 1. The van der Waals surface area contributed by atoms with Crippen molar-refractivity contribution in [2.45, 2.75) is 0 Å². The Morgan fingerprint density at radius 1 is 1.14 bits per heavy atom. The van der Waals surface area contributed by atoms with E-state index in [1.807, 2.05) is 36.4 Å². The van der Waals surface area contributed by atoms with E-state index in [9.17, 15) is 0 Å². The number of hydrazone groups is 1. The smallest absolute Gasteiger partial charge is 0.174 e. The molecule has 3 rings (SSSR count). The molecule has 1 aromatic carbocycles. The zero-order valence-corrected chi connectivity index (χ0v) is 11.6. The molecule has 0 spiro atoms. The Morgan fingerprint density at radius 2 is 2.00 bits per heavy atom. The van der Waals surface area contributed by atoms with Crippen molar-refractivity contribution >= 4 is 40.2 Å². The van der Waals surface area contributed by atoms with E-state index in [-0.39, 0.29) is 10.8 Å². The van der Waals surface area contributed by atoms with Gasteiger partial charge in [-0.05, 0) is 12.1 Å². The second-order valence-electron chi connectivity index (χ2n) is 4.23. The molecule has 0 bridgehead atoms. The maximum Gasteiger partial charge on any atom is 0.174 e. The van der Waals surface area contributed by atoms with Crippen molar-refractivity contribution < 1.29 is 0 Å². The fourth-order valence-electron chi connectivity index (χ4n) is 1.78. The van der Waals surface area contributed by atoms with Gasteiger partial charge >= 0.3 is 0 Å². The lowest BCUT2D eigenvalue weighted by molar-refractivity contribution is 1.14. The van der Waals surface area contributed by atoms with Crippen LogP contribution in [0.5, 0.6) is 0 Å². The van der Waals surface area contributed by atoms with Crippen molar-refractivity contribution in [2.75, 3.05) is 11.2 Å². The van der Waals surface area contributed by atoms with Crippen LogP contribution in [0.25, 0.3) is 10.9 Å². The predicted octanol–water partition coefficient (Wildman–Crippen LogP) is 2.71. The summed E-state index contributed by atoms with van der Waals surface area (Å²) >= 11 is 5.79. The minimum Gasteiger partial charge on any atom is -0.393 e. The number of hydrogen-bond acceptors (Lipinski definition) is 6. The molecule has 0 aliphatic carbocycles. The largest absolute Gasteiger partial charge is 0.393 e. The molecular weight excluding hydrogens is 288 g/mol. The van der Waals surface area contributed by atoms with E-state index in [4.69, 9.17) is 17.3 Å². The minimum atomic E-state index is 0.187. The van der Waals surface area contributed by atoms with Gasteiger partial charge in [0.15, 0.2) is 11.0 Å². The van der Waals surface area contributed by atoms with E-state index >= 15 is 0 Å². The summed E-state index contributed by atoms with van der Waals surface area (Å²) < 4.78 is 0. The summed E-state index contributed by atoms with van der Waals surface area (Å²) in [6.45, 7) is 0. The van der Waals surface area contributed by atoms with Crippen LogP contribution in [0.2, 0.25) is 5.15 Å². The van der Waals surface area contributed by atoms with Crippen molar-refractivity contribution in [1.82, 2.24) is 15.0 Å². The highest BCUT2D eigenvalue weighted by molar-refractivity contribution is 6.32. The van der Waals surface area contributed by atoms with Gasteiger partial charge in [-0.15, -0.1) is 0 Å². The molecule has 6 nitrogen and oxygen atoms in total. The number of pyridine rings is 1. The Labute approximate surface area is 125 Å². The highest BCUT2D eigenvalue weighted by atomic mass is 35.5. The van der Waals surface area contributed by atoms with Crippen molar-refractivity contribution in [1.29, 1.82) is 0 Å². The van der Waals surface area contributed by atoms with Crippen LogP contribution in [0.4, 0.5) is 11.5 Å². The first-order chi connectivity index (χ1) is 10.2.